The van der Waals surface area contributed by atoms with E-state index >= 15 is 0 Å². The van der Waals surface area contributed by atoms with Gasteiger partial charge in [-0.1, -0.05) is 0 Å². The Balaban J connectivity index is 1.61. The molecule has 124 valence electrons. The van der Waals surface area contributed by atoms with Gasteiger partial charge < -0.3 is 15.0 Å². The van der Waals surface area contributed by atoms with Crippen LogP contribution in [-0.2, 0) is 11.3 Å². The van der Waals surface area contributed by atoms with Crippen LogP contribution in [-0.4, -0.2) is 40.6 Å². The highest BCUT2D eigenvalue weighted by molar-refractivity contribution is 5.97. The standard InChI is InChI=1S/C17H23N3O3/c1-17(2,3)23-16(22)20-8-6-11(7-9-20)13-5-4-12-14(19-13)10-18-15(12)21/h4-5,11H,6-10H2,1-3H3,(H,18,21). The number of carbonyl (C=O) groups is 2. The van der Waals surface area contributed by atoms with Gasteiger partial charge in [-0.15, -0.1) is 0 Å². The molecule has 3 heterocycles. The van der Waals surface area contributed by atoms with Gasteiger partial charge in [0.15, 0.2) is 0 Å². The quantitative estimate of drug-likeness (QED) is 0.863. The predicted molar refractivity (Wildman–Crippen MR) is 85.2 cm³/mol. The summed E-state index contributed by atoms with van der Waals surface area (Å²) in [6.07, 6.45) is 1.49. The average Bonchev–Trinajstić information content (AvgIpc) is 2.87. The molecule has 0 aromatic carbocycles. The van der Waals surface area contributed by atoms with Gasteiger partial charge >= 0.3 is 6.09 Å². The van der Waals surface area contributed by atoms with Crippen LogP contribution in [0.4, 0.5) is 4.79 Å². The summed E-state index contributed by atoms with van der Waals surface area (Å²) in [5, 5.41) is 2.79. The second-order valence-corrected chi connectivity index (χ2v) is 7.15. The molecule has 2 aliphatic heterocycles. The van der Waals surface area contributed by atoms with Crippen molar-refractivity contribution in [3.8, 4) is 0 Å². The zero-order valence-electron chi connectivity index (χ0n) is 13.9. The third-order valence-electron chi connectivity index (χ3n) is 4.22. The van der Waals surface area contributed by atoms with Gasteiger partial charge in [0.1, 0.15) is 5.60 Å². The first kappa shape index (κ1) is 15.8. The van der Waals surface area contributed by atoms with Crippen LogP contribution in [0.2, 0.25) is 0 Å². The molecular weight excluding hydrogens is 294 g/mol. The summed E-state index contributed by atoms with van der Waals surface area (Å²) in [7, 11) is 0. The lowest BCUT2D eigenvalue weighted by Crippen LogP contribution is -2.41. The van der Waals surface area contributed by atoms with Crippen molar-refractivity contribution in [2.75, 3.05) is 13.1 Å². The van der Waals surface area contributed by atoms with Crippen LogP contribution in [0.3, 0.4) is 0 Å². The fourth-order valence-electron chi connectivity index (χ4n) is 3.03. The van der Waals surface area contributed by atoms with Gasteiger partial charge in [0.05, 0.1) is 17.8 Å². The minimum atomic E-state index is -0.463. The number of aromatic nitrogens is 1. The number of ether oxygens (including phenoxy) is 1. The van der Waals surface area contributed by atoms with E-state index < -0.39 is 5.60 Å². The molecule has 0 saturated carbocycles. The molecule has 3 rings (SSSR count). The normalized spacial score (nSPS) is 18.6. The molecule has 1 aromatic rings. The van der Waals surface area contributed by atoms with Crippen molar-refractivity contribution in [1.82, 2.24) is 15.2 Å². The molecule has 6 heteroatoms. The summed E-state index contributed by atoms with van der Waals surface area (Å²) in [6.45, 7) is 7.49. The van der Waals surface area contributed by atoms with Gasteiger partial charge in [0.25, 0.3) is 5.91 Å². The summed E-state index contributed by atoms with van der Waals surface area (Å²) in [6, 6.07) is 3.80. The van der Waals surface area contributed by atoms with E-state index in [0.717, 1.165) is 24.2 Å². The first-order valence-corrected chi connectivity index (χ1v) is 8.09. The smallest absolute Gasteiger partial charge is 0.410 e. The Bertz CT molecular complexity index is 628. The summed E-state index contributed by atoms with van der Waals surface area (Å²) in [5.74, 6) is 0.286. The lowest BCUT2D eigenvalue weighted by molar-refractivity contribution is 0.0204. The monoisotopic (exact) mass is 317 g/mol. The summed E-state index contributed by atoms with van der Waals surface area (Å²) in [4.78, 5) is 30.1. The van der Waals surface area contributed by atoms with E-state index in [9.17, 15) is 9.59 Å². The zero-order valence-corrected chi connectivity index (χ0v) is 13.9. The molecule has 0 atom stereocenters. The van der Waals surface area contributed by atoms with E-state index in [1.54, 1.807) is 4.90 Å². The molecule has 1 fully saturated rings. The second-order valence-electron chi connectivity index (χ2n) is 7.15. The van der Waals surface area contributed by atoms with Crippen molar-refractivity contribution in [1.29, 1.82) is 0 Å². The largest absolute Gasteiger partial charge is 0.444 e. The van der Waals surface area contributed by atoms with E-state index in [0.29, 0.717) is 31.1 Å². The molecule has 0 unspecified atom stereocenters. The molecule has 1 N–H and O–H groups in total. The van der Waals surface area contributed by atoms with E-state index in [4.69, 9.17) is 4.74 Å². The molecule has 0 radical (unpaired) electrons. The minimum absolute atomic E-state index is 0.0428. The highest BCUT2D eigenvalue weighted by Crippen LogP contribution is 2.29. The number of piperidine rings is 1. The Hall–Kier alpha value is -2.11. The first-order valence-electron chi connectivity index (χ1n) is 8.09. The molecule has 1 aromatic heterocycles. The van der Waals surface area contributed by atoms with Gasteiger partial charge in [-0.2, -0.15) is 0 Å². The van der Waals surface area contributed by atoms with Crippen LogP contribution in [0.25, 0.3) is 0 Å². The van der Waals surface area contributed by atoms with Crippen LogP contribution in [0.5, 0.6) is 0 Å². The van der Waals surface area contributed by atoms with Crippen molar-refractivity contribution in [3.63, 3.8) is 0 Å². The molecular formula is C17H23N3O3. The maximum absolute atomic E-state index is 12.1. The highest BCUT2D eigenvalue weighted by atomic mass is 16.6. The van der Waals surface area contributed by atoms with Gasteiger partial charge in [0, 0.05) is 24.7 Å². The SMILES string of the molecule is CC(C)(C)OC(=O)N1CCC(c2ccc3c(n2)CNC3=O)CC1. The number of rotatable bonds is 1. The van der Waals surface area contributed by atoms with E-state index in [2.05, 4.69) is 10.3 Å². The van der Waals surface area contributed by atoms with Crippen molar-refractivity contribution in [2.45, 2.75) is 51.7 Å². The second kappa shape index (κ2) is 5.83. The van der Waals surface area contributed by atoms with Crippen LogP contribution in [0.1, 0.15) is 61.3 Å². The number of nitrogens with one attached hydrogen (secondary N) is 1. The summed E-state index contributed by atoms with van der Waals surface area (Å²) < 4.78 is 5.42. The van der Waals surface area contributed by atoms with Crippen LogP contribution < -0.4 is 5.32 Å². The van der Waals surface area contributed by atoms with Crippen LogP contribution in [0, 0.1) is 0 Å². The lowest BCUT2D eigenvalue weighted by Gasteiger charge is -2.33. The molecule has 23 heavy (non-hydrogen) atoms. The first-order chi connectivity index (χ1) is 10.8. The maximum atomic E-state index is 12.1. The topological polar surface area (TPSA) is 71.5 Å². The van der Waals surface area contributed by atoms with Crippen molar-refractivity contribution in [2.24, 2.45) is 0 Å². The third kappa shape index (κ3) is 3.46. The lowest BCUT2D eigenvalue weighted by atomic mass is 9.92. The number of hydrogen-bond donors (Lipinski definition) is 1. The summed E-state index contributed by atoms with van der Waals surface area (Å²) in [5.41, 5.74) is 2.07. The fourth-order valence-corrected chi connectivity index (χ4v) is 3.03. The maximum Gasteiger partial charge on any atom is 0.410 e. The molecule has 0 aliphatic carbocycles. The van der Waals surface area contributed by atoms with E-state index in [-0.39, 0.29) is 12.0 Å². The van der Waals surface area contributed by atoms with Gasteiger partial charge in [0.2, 0.25) is 0 Å². The van der Waals surface area contributed by atoms with Crippen LogP contribution in [0.15, 0.2) is 12.1 Å². The number of likely N-dealkylation sites (tertiary alicyclic amines) is 1. The Labute approximate surface area is 136 Å². The summed E-state index contributed by atoms with van der Waals surface area (Å²) >= 11 is 0. The Morgan fingerprint density at radius 2 is 2.00 bits per heavy atom. The van der Waals surface area contributed by atoms with Gasteiger partial charge in [-0.25, -0.2) is 4.79 Å². The van der Waals surface area contributed by atoms with Crippen molar-refractivity contribution < 1.29 is 14.3 Å². The highest BCUT2D eigenvalue weighted by Gasteiger charge is 2.29. The molecule has 2 amide bonds. The van der Waals surface area contributed by atoms with Gasteiger partial charge in [-0.05, 0) is 45.7 Å². The Kier molecular flexibility index (Phi) is 4.00. The number of hydrogen-bond acceptors (Lipinski definition) is 4. The number of carbonyl (C=O) groups excluding carboxylic acids is 2. The Morgan fingerprint density at radius 1 is 1.30 bits per heavy atom. The van der Waals surface area contributed by atoms with Crippen LogP contribution >= 0.6 is 0 Å². The molecule has 0 bridgehead atoms. The van der Waals surface area contributed by atoms with Gasteiger partial charge in [-0.3, -0.25) is 9.78 Å². The number of pyridine rings is 1. The number of nitrogens with zero attached hydrogens (tertiary/aromatic N) is 2. The molecule has 1 saturated heterocycles. The molecule has 2 aliphatic rings. The molecule has 0 spiro atoms. The minimum Gasteiger partial charge on any atom is -0.444 e. The number of fused-ring (bicyclic) bond motifs is 1. The van der Waals surface area contributed by atoms with Crippen molar-refractivity contribution >= 4 is 12.0 Å². The third-order valence-corrected chi connectivity index (χ3v) is 4.22. The molecule has 6 nitrogen and oxygen atoms in total. The Morgan fingerprint density at radius 3 is 2.65 bits per heavy atom. The predicted octanol–water partition coefficient (Wildman–Crippen LogP) is 2.44. The zero-order chi connectivity index (χ0) is 16.6. The average molecular weight is 317 g/mol. The number of amides is 2. The van der Waals surface area contributed by atoms with E-state index in [1.165, 1.54) is 0 Å². The fraction of sp³-hybridized carbons (Fsp3) is 0.588. The van der Waals surface area contributed by atoms with E-state index in [1.807, 2.05) is 32.9 Å². The van der Waals surface area contributed by atoms with Crippen molar-refractivity contribution in [3.05, 3.63) is 29.1 Å².